The number of benzene rings is 1. The van der Waals surface area contributed by atoms with E-state index in [9.17, 15) is 14.4 Å². The van der Waals surface area contributed by atoms with Gasteiger partial charge in [-0.15, -0.1) is 0 Å². The molecule has 22 heavy (non-hydrogen) atoms. The third-order valence-corrected chi connectivity index (χ3v) is 4.73. The summed E-state index contributed by atoms with van der Waals surface area (Å²) in [6.45, 7) is 0.845. The van der Waals surface area contributed by atoms with Gasteiger partial charge in [-0.25, -0.2) is 0 Å². The van der Waals surface area contributed by atoms with Crippen LogP contribution >= 0.6 is 11.8 Å². The Hall–Kier alpha value is -2.02. The van der Waals surface area contributed by atoms with Crippen molar-refractivity contribution in [1.29, 1.82) is 0 Å². The molecule has 3 rings (SSSR count). The third kappa shape index (κ3) is 2.68. The molecule has 2 aliphatic heterocycles. The molecule has 7 heteroatoms. The Morgan fingerprint density at radius 3 is 2.68 bits per heavy atom. The van der Waals surface area contributed by atoms with E-state index in [1.807, 2.05) is 24.3 Å². The molecule has 2 fully saturated rings. The van der Waals surface area contributed by atoms with Crippen LogP contribution in [0, 0.1) is 0 Å². The molecular weight excluding hydrogens is 304 g/mol. The Bertz CT molecular complexity index is 612. The molecule has 0 aromatic heterocycles. The van der Waals surface area contributed by atoms with Crippen molar-refractivity contribution in [3.63, 3.8) is 0 Å². The fourth-order valence-corrected chi connectivity index (χ4v) is 3.44. The maximum Gasteiger partial charge on any atom is 0.289 e. The molecule has 2 aliphatic rings. The number of methoxy groups -OCH3 is 1. The van der Waals surface area contributed by atoms with Gasteiger partial charge in [0.1, 0.15) is 5.75 Å². The number of thioether (sulfide) groups is 1. The molecule has 116 valence electrons. The lowest BCUT2D eigenvalue weighted by molar-refractivity contribution is -0.141. The number of imide groups is 1. The van der Waals surface area contributed by atoms with Gasteiger partial charge in [-0.2, -0.15) is 0 Å². The van der Waals surface area contributed by atoms with Crippen LogP contribution in [0.2, 0.25) is 0 Å². The van der Waals surface area contributed by atoms with Crippen LogP contribution in [0.3, 0.4) is 0 Å². The largest absolute Gasteiger partial charge is 0.496 e. The number of rotatable bonds is 4. The van der Waals surface area contributed by atoms with Crippen LogP contribution in [0.4, 0.5) is 4.79 Å². The molecule has 1 aromatic rings. The predicted molar refractivity (Wildman–Crippen MR) is 81.8 cm³/mol. The van der Waals surface area contributed by atoms with Crippen LogP contribution in [0.1, 0.15) is 5.56 Å². The first-order valence-corrected chi connectivity index (χ1v) is 7.97. The van der Waals surface area contributed by atoms with Crippen LogP contribution in [-0.4, -0.2) is 58.8 Å². The van der Waals surface area contributed by atoms with Crippen LogP contribution in [0.25, 0.3) is 0 Å². The molecule has 0 radical (unpaired) electrons. The zero-order chi connectivity index (χ0) is 15.7. The fraction of sp³-hybridized carbons (Fsp3) is 0.400. The highest BCUT2D eigenvalue weighted by atomic mass is 32.2. The van der Waals surface area contributed by atoms with Gasteiger partial charge in [0.25, 0.3) is 5.24 Å². The highest BCUT2D eigenvalue weighted by molar-refractivity contribution is 8.14. The molecule has 0 aliphatic carbocycles. The standard InChI is InChI=1S/C15H16N2O4S/c1-21-12-5-3-2-4-10(12)6-13(18)16-7-11(8-16)17-14(19)9-22-15(17)20/h2-5,11H,6-9H2,1H3. The molecule has 0 N–H and O–H groups in total. The summed E-state index contributed by atoms with van der Waals surface area (Å²) in [6, 6.07) is 7.23. The topological polar surface area (TPSA) is 66.9 Å². The number of carbonyl (C=O) groups is 3. The lowest BCUT2D eigenvalue weighted by atomic mass is 10.0. The number of carbonyl (C=O) groups excluding carboxylic acids is 3. The molecule has 0 spiro atoms. The summed E-state index contributed by atoms with van der Waals surface area (Å²) in [7, 11) is 1.57. The second-order valence-corrected chi connectivity index (χ2v) is 6.19. The van der Waals surface area contributed by atoms with E-state index in [2.05, 4.69) is 0 Å². The monoisotopic (exact) mass is 320 g/mol. The van der Waals surface area contributed by atoms with E-state index in [1.54, 1.807) is 12.0 Å². The van der Waals surface area contributed by atoms with E-state index < -0.39 is 0 Å². The van der Waals surface area contributed by atoms with E-state index in [0.29, 0.717) is 18.8 Å². The Kier molecular flexibility index (Phi) is 4.06. The van der Waals surface area contributed by atoms with E-state index in [4.69, 9.17) is 4.74 Å². The van der Waals surface area contributed by atoms with E-state index in [0.717, 1.165) is 17.3 Å². The van der Waals surface area contributed by atoms with Crippen molar-refractivity contribution in [2.75, 3.05) is 26.0 Å². The average Bonchev–Trinajstić information content (AvgIpc) is 2.78. The summed E-state index contributed by atoms with van der Waals surface area (Å²) in [5.41, 5.74) is 0.835. The summed E-state index contributed by atoms with van der Waals surface area (Å²) >= 11 is 1.03. The number of para-hydroxylation sites is 1. The first-order valence-electron chi connectivity index (χ1n) is 6.98. The molecule has 0 unspecified atom stereocenters. The maximum atomic E-state index is 12.3. The van der Waals surface area contributed by atoms with Gasteiger partial charge >= 0.3 is 0 Å². The number of amides is 3. The molecule has 1 aromatic carbocycles. The number of hydrogen-bond donors (Lipinski definition) is 0. The van der Waals surface area contributed by atoms with Crippen molar-refractivity contribution in [3.05, 3.63) is 29.8 Å². The number of hydrogen-bond acceptors (Lipinski definition) is 5. The van der Waals surface area contributed by atoms with Crippen LogP contribution < -0.4 is 4.74 Å². The number of likely N-dealkylation sites (tertiary alicyclic amines) is 1. The van der Waals surface area contributed by atoms with Crippen molar-refractivity contribution in [3.8, 4) is 5.75 Å². The SMILES string of the molecule is COc1ccccc1CC(=O)N1CC(N2C(=O)CSC2=O)C1. The molecule has 0 saturated carbocycles. The molecule has 6 nitrogen and oxygen atoms in total. The van der Waals surface area contributed by atoms with E-state index in [-0.39, 0.29) is 35.3 Å². The van der Waals surface area contributed by atoms with Gasteiger partial charge in [-0.05, 0) is 6.07 Å². The second-order valence-electron chi connectivity index (χ2n) is 5.26. The van der Waals surface area contributed by atoms with Crippen LogP contribution in [-0.2, 0) is 16.0 Å². The molecule has 2 saturated heterocycles. The van der Waals surface area contributed by atoms with Gasteiger partial charge in [0.05, 0.1) is 25.3 Å². The zero-order valence-corrected chi connectivity index (χ0v) is 13.0. The van der Waals surface area contributed by atoms with Crippen molar-refractivity contribution in [2.45, 2.75) is 12.5 Å². The minimum absolute atomic E-state index is 0.0208. The highest BCUT2D eigenvalue weighted by Crippen LogP contribution is 2.27. The summed E-state index contributed by atoms with van der Waals surface area (Å²) in [4.78, 5) is 38.5. The summed E-state index contributed by atoms with van der Waals surface area (Å²) in [6.07, 6.45) is 0.257. The minimum atomic E-state index is -0.202. The molecule has 0 atom stereocenters. The van der Waals surface area contributed by atoms with Gasteiger partial charge in [-0.3, -0.25) is 19.3 Å². The minimum Gasteiger partial charge on any atom is -0.496 e. The van der Waals surface area contributed by atoms with Gasteiger partial charge in [0.15, 0.2) is 0 Å². The van der Waals surface area contributed by atoms with Gasteiger partial charge in [0.2, 0.25) is 11.8 Å². The van der Waals surface area contributed by atoms with Gasteiger partial charge in [-0.1, -0.05) is 30.0 Å². The quantitative estimate of drug-likeness (QED) is 0.832. The summed E-state index contributed by atoms with van der Waals surface area (Å²) in [5.74, 6) is 0.725. The molecule has 2 heterocycles. The van der Waals surface area contributed by atoms with E-state index >= 15 is 0 Å². The smallest absolute Gasteiger partial charge is 0.289 e. The Balaban J connectivity index is 1.57. The van der Waals surface area contributed by atoms with Crippen LogP contribution in [0.5, 0.6) is 5.75 Å². The van der Waals surface area contributed by atoms with Crippen molar-refractivity contribution in [1.82, 2.24) is 9.80 Å². The van der Waals surface area contributed by atoms with Crippen LogP contribution in [0.15, 0.2) is 24.3 Å². The first kappa shape index (κ1) is 14.9. The summed E-state index contributed by atoms with van der Waals surface area (Å²) < 4.78 is 5.24. The van der Waals surface area contributed by atoms with Crippen molar-refractivity contribution < 1.29 is 19.1 Å². The predicted octanol–water partition coefficient (Wildman–Crippen LogP) is 1.14. The van der Waals surface area contributed by atoms with Gasteiger partial charge in [0, 0.05) is 18.7 Å². The third-order valence-electron chi connectivity index (χ3n) is 3.90. The lowest BCUT2D eigenvalue weighted by Crippen LogP contribution is -2.62. The lowest BCUT2D eigenvalue weighted by Gasteiger charge is -2.42. The Labute approximate surface area is 132 Å². The van der Waals surface area contributed by atoms with Crippen molar-refractivity contribution in [2.24, 2.45) is 0 Å². The second kappa shape index (κ2) is 6.00. The normalized spacial score (nSPS) is 18.6. The molecule has 3 amide bonds. The maximum absolute atomic E-state index is 12.3. The number of nitrogens with zero attached hydrogens (tertiary/aromatic N) is 2. The first-order chi connectivity index (χ1) is 10.6. The zero-order valence-electron chi connectivity index (χ0n) is 12.2. The Morgan fingerprint density at radius 1 is 1.32 bits per heavy atom. The van der Waals surface area contributed by atoms with Gasteiger partial charge < -0.3 is 9.64 Å². The fourth-order valence-electron chi connectivity index (χ4n) is 2.66. The number of ether oxygens (including phenoxy) is 1. The summed E-state index contributed by atoms with van der Waals surface area (Å²) in [5, 5.41) is -0.202. The van der Waals surface area contributed by atoms with Crippen molar-refractivity contribution >= 4 is 28.8 Å². The highest BCUT2D eigenvalue weighted by Gasteiger charge is 2.43. The van der Waals surface area contributed by atoms with E-state index in [1.165, 1.54) is 4.90 Å². The molecular formula is C15H16N2O4S. The Morgan fingerprint density at radius 2 is 2.05 bits per heavy atom. The average molecular weight is 320 g/mol. The molecule has 0 bridgehead atoms.